The highest BCUT2D eigenvalue weighted by molar-refractivity contribution is 5.47. The second-order valence-electron chi connectivity index (χ2n) is 3.72. The predicted octanol–water partition coefficient (Wildman–Crippen LogP) is 2.03. The van der Waals surface area contributed by atoms with E-state index in [0.717, 1.165) is 5.69 Å². The van der Waals surface area contributed by atoms with Crippen molar-refractivity contribution >= 4 is 5.69 Å². The fourth-order valence-corrected chi connectivity index (χ4v) is 1.62. The van der Waals surface area contributed by atoms with Gasteiger partial charge in [-0.1, -0.05) is 6.07 Å². The van der Waals surface area contributed by atoms with Gasteiger partial charge in [0.25, 0.3) is 0 Å². The highest BCUT2D eigenvalue weighted by atomic mass is 16.5. The topological polar surface area (TPSA) is 35.2 Å². The summed E-state index contributed by atoms with van der Waals surface area (Å²) in [6.07, 6.45) is 0. The average Bonchev–Trinajstić information content (AvgIpc) is 2.28. The summed E-state index contributed by atoms with van der Waals surface area (Å²) in [4.78, 5) is 0. The van der Waals surface area contributed by atoms with Crippen molar-refractivity contribution in [1.29, 1.82) is 0 Å². The number of nitrogens with two attached hydrogens (primary N) is 1. The molecule has 0 atom stereocenters. The van der Waals surface area contributed by atoms with Gasteiger partial charge in [-0.3, -0.25) is 0 Å². The van der Waals surface area contributed by atoms with E-state index in [9.17, 15) is 0 Å². The number of fused-ring (bicyclic) bond motifs is 1. The predicted molar refractivity (Wildman–Crippen MR) is 48.7 cm³/mol. The zero-order valence-electron chi connectivity index (χ0n) is 7.42. The van der Waals surface area contributed by atoms with E-state index in [1.54, 1.807) is 0 Å². The SMILES string of the molecule is CC1(C)OCc2ccc(N)cc21. The Labute approximate surface area is 72.3 Å². The fraction of sp³-hybridized carbons (Fsp3) is 0.400. The fourth-order valence-electron chi connectivity index (χ4n) is 1.62. The Morgan fingerprint density at radius 2 is 2.17 bits per heavy atom. The van der Waals surface area contributed by atoms with Gasteiger partial charge in [-0.2, -0.15) is 0 Å². The summed E-state index contributed by atoms with van der Waals surface area (Å²) >= 11 is 0. The molecule has 64 valence electrons. The monoisotopic (exact) mass is 163 g/mol. The Hall–Kier alpha value is -1.02. The van der Waals surface area contributed by atoms with Crippen LogP contribution in [0.2, 0.25) is 0 Å². The third kappa shape index (κ3) is 0.994. The van der Waals surface area contributed by atoms with Crippen LogP contribution in [0.1, 0.15) is 25.0 Å². The first-order valence-electron chi connectivity index (χ1n) is 4.12. The summed E-state index contributed by atoms with van der Waals surface area (Å²) in [5.74, 6) is 0. The van der Waals surface area contributed by atoms with Crippen LogP contribution in [0, 0.1) is 0 Å². The molecule has 0 bridgehead atoms. The van der Waals surface area contributed by atoms with E-state index in [2.05, 4.69) is 13.8 Å². The van der Waals surface area contributed by atoms with Crippen LogP contribution in [-0.2, 0) is 16.9 Å². The van der Waals surface area contributed by atoms with Gasteiger partial charge in [0.15, 0.2) is 0 Å². The molecule has 0 fully saturated rings. The van der Waals surface area contributed by atoms with Crippen molar-refractivity contribution < 1.29 is 4.74 Å². The molecule has 2 nitrogen and oxygen atoms in total. The third-order valence-corrected chi connectivity index (χ3v) is 2.37. The summed E-state index contributed by atoms with van der Waals surface area (Å²) in [6, 6.07) is 5.96. The first-order chi connectivity index (χ1) is 5.59. The molecule has 1 aromatic carbocycles. The van der Waals surface area contributed by atoms with Gasteiger partial charge in [0.2, 0.25) is 0 Å². The molecule has 2 N–H and O–H groups in total. The molecular formula is C10H13NO. The van der Waals surface area contributed by atoms with Crippen LogP contribution in [0.25, 0.3) is 0 Å². The van der Waals surface area contributed by atoms with Gasteiger partial charge in [0, 0.05) is 5.69 Å². The molecule has 0 radical (unpaired) electrons. The number of ether oxygens (including phenoxy) is 1. The summed E-state index contributed by atoms with van der Waals surface area (Å²) < 4.78 is 5.61. The standard InChI is InChI=1S/C10H13NO/c1-10(2)9-5-8(11)4-3-7(9)6-12-10/h3-5H,6,11H2,1-2H3. The first kappa shape index (κ1) is 7.62. The highest BCUT2D eigenvalue weighted by Gasteiger charge is 2.30. The van der Waals surface area contributed by atoms with E-state index in [-0.39, 0.29) is 5.60 Å². The maximum Gasteiger partial charge on any atom is 0.0884 e. The lowest BCUT2D eigenvalue weighted by Crippen LogP contribution is -2.14. The summed E-state index contributed by atoms with van der Waals surface area (Å²) in [6.45, 7) is 4.85. The van der Waals surface area contributed by atoms with E-state index in [0.29, 0.717) is 6.61 Å². The Morgan fingerprint density at radius 1 is 1.42 bits per heavy atom. The molecule has 1 aliphatic rings. The molecule has 0 amide bonds. The number of benzene rings is 1. The van der Waals surface area contributed by atoms with Crippen molar-refractivity contribution in [2.24, 2.45) is 0 Å². The minimum absolute atomic E-state index is 0.162. The normalized spacial score (nSPS) is 19.2. The van der Waals surface area contributed by atoms with Crippen LogP contribution in [0.5, 0.6) is 0 Å². The van der Waals surface area contributed by atoms with Crippen molar-refractivity contribution in [2.75, 3.05) is 5.73 Å². The van der Waals surface area contributed by atoms with Crippen molar-refractivity contribution in [3.63, 3.8) is 0 Å². The molecule has 0 saturated heterocycles. The minimum Gasteiger partial charge on any atom is -0.399 e. The molecule has 1 aliphatic heterocycles. The number of anilines is 1. The first-order valence-corrected chi connectivity index (χ1v) is 4.12. The van der Waals surface area contributed by atoms with Crippen LogP contribution in [0.15, 0.2) is 18.2 Å². The van der Waals surface area contributed by atoms with Gasteiger partial charge in [0.05, 0.1) is 12.2 Å². The Morgan fingerprint density at radius 3 is 2.92 bits per heavy atom. The van der Waals surface area contributed by atoms with Gasteiger partial charge in [-0.05, 0) is 37.1 Å². The lowest BCUT2D eigenvalue weighted by Gasteiger charge is -2.18. The van der Waals surface area contributed by atoms with Crippen LogP contribution in [-0.4, -0.2) is 0 Å². The molecule has 1 aromatic rings. The van der Waals surface area contributed by atoms with Crippen LogP contribution >= 0.6 is 0 Å². The molecule has 0 aliphatic carbocycles. The van der Waals surface area contributed by atoms with Crippen molar-refractivity contribution in [1.82, 2.24) is 0 Å². The van der Waals surface area contributed by atoms with Crippen LogP contribution in [0.3, 0.4) is 0 Å². The Bertz CT molecular complexity index is 318. The van der Waals surface area contributed by atoms with Crippen molar-refractivity contribution in [3.05, 3.63) is 29.3 Å². The largest absolute Gasteiger partial charge is 0.399 e. The second kappa shape index (κ2) is 2.23. The van der Waals surface area contributed by atoms with Crippen molar-refractivity contribution in [2.45, 2.75) is 26.1 Å². The molecule has 1 heterocycles. The van der Waals surface area contributed by atoms with E-state index in [1.807, 2.05) is 18.2 Å². The van der Waals surface area contributed by atoms with Gasteiger partial charge in [-0.25, -0.2) is 0 Å². The van der Waals surface area contributed by atoms with Crippen LogP contribution in [0.4, 0.5) is 5.69 Å². The van der Waals surface area contributed by atoms with Gasteiger partial charge in [-0.15, -0.1) is 0 Å². The quantitative estimate of drug-likeness (QED) is 0.594. The molecule has 0 spiro atoms. The third-order valence-electron chi connectivity index (χ3n) is 2.37. The highest BCUT2D eigenvalue weighted by Crippen LogP contribution is 2.36. The van der Waals surface area contributed by atoms with Gasteiger partial charge in [0.1, 0.15) is 0 Å². The average molecular weight is 163 g/mol. The lowest BCUT2D eigenvalue weighted by atomic mass is 9.96. The molecule has 2 heteroatoms. The summed E-state index contributed by atoms with van der Waals surface area (Å²) in [5, 5.41) is 0. The second-order valence-corrected chi connectivity index (χ2v) is 3.72. The van der Waals surface area contributed by atoms with Crippen molar-refractivity contribution in [3.8, 4) is 0 Å². The molecule has 0 aromatic heterocycles. The van der Waals surface area contributed by atoms with E-state index < -0.39 is 0 Å². The van der Waals surface area contributed by atoms with E-state index >= 15 is 0 Å². The number of hydrogen-bond acceptors (Lipinski definition) is 2. The molecule has 12 heavy (non-hydrogen) atoms. The number of nitrogen functional groups attached to an aromatic ring is 1. The zero-order valence-corrected chi connectivity index (χ0v) is 7.42. The number of hydrogen-bond donors (Lipinski definition) is 1. The minimum atomic E-state index is -0.162. The summed E-state index contributed by atoms with van der Waals surface area (Å²) in [7, 11) is 0. The Balaban J connectivity index is 2.57. The van der Waals surface area contributed by atoms with E-state index in [4.69, 9.17) is 10.5 Å². The van der Waals surface area contributed by atoms with Gasteiger partial charge < -0.3 is 10.5 Å². The van der Waals surface area contributed by atoms with Gasteiger partial charge >= 0.3 is 0 Å². The van der Waals surface area contributed by atoms with Crippen LogP contribution < -0.4 is 5.73 Å². The molecule has 0 saturated carbocycles. The smallest absolute Gasteiger partial charge is 0.0884 e. The zero-order chi connectivity index (χ0) is 8.77. The molecule has 0 unspecified atom stereocenters. The molecule has 2 rings (SSSR count). The summed E-state index contributed by atoms with van der Waals surface area (Å²) in [5.41, 5.74) is 8.83. The lowest BCUT2D eigenvalue weighted by molar-refractivity contribution is -0.00787. The maximum atomic E-state index is 5.70. The number of rotatable bonds is 0. The Kier molecular flexibility index (Phi) is 1.42. The molecular weight excluding hydrogens is 150 g/mol. The maximum absolute atomic E-state index is 5.70. The van der Waals surface area contributed by atoms with E-state index in [1.165, 1.54) is 11.1 Å².